The molecule has 2 aromatic heterocycles. The summed E-state index contributed by atoms with van der Waals surface area (Å²) in [5.74, 6) is 1.79. The van der Waals surface area contributed by atoms with E-state index in [2.05, 4.69) is 44.2 Å². The molecular weight excluding hydrogens is 276 g/mol. The topological polar surface area (TPSA) is 57.2 Å². The van der Waals surface area contributed by atoms with Crippen LogP contribution in [0.15, 0.2) is 36.9 Å². The van der Waals surface area contributed by atoms with Crippen LogP contribution in [0.3, 0.4) is 0 Å². The van der Waals surface area contributed by atoms with Crippen LogP contribution in [0.1, 0.15) is 5.56 Å². The lowest BCUT2D eigenvalue weighted by atomic mass is 10.2. The van der Waals surface area contributed by atoms with E-state index in [0.29, 0.717) is 0 Å². The second-order valence-corrected chi connectivity index (χ2v) is 5.52. The maximum atomic E-state index is 4.35. The van der Waals surface area contributed by atoms with Crippen LogP contribution >= 0.6 is 0 Å². The number of nitrogens with one attached hydrogen (secondary N) is 1. The molecule has 0 aromatic carbocycles. The average Bonchev–Trinajstić information content (AvgIpc) is 2.53. The molecule has 0 spiro atoms. The van der Waals surface area contributed by atoms with Crippen LogP contribution in [0.25, 0.3) is 0 Å². The Morgan fingerprint density at radius 3 is 2.55 bits per heavy atom. The number of aromatic nitrogens is 3. The fourth-order valence-corrected chi connectivity index (χ4v) is 2.02. The van der Waals surface area contributed by atoms with Crippen molar-refractivity contribution in [2.75, 3.05) is 51.0 Å². The van der Waals surface area contributed by atoms with Crippen molar-refractivity contribution < 1.29 is 0 Å². The molecule has 0 aliphatic carbocycles. The van der Waals surface area contributed by atoms with Crippen molar-refractivity contribution in [1.82, 2.24) is 19.9 Å². The molecule has 0 saturated carbocycles. The molecule has 6 heteroatoms. The normalized spacial score (nSPS) is 10.7. The van der Waals surface area contributed by atoms with Crippen molar-refractivity contribution in [3.05, 3.63) is 42.5 Å². The van der Waals surface area contributed by atoms with E-state index in [1.165, 1.54) is 5.56 Å². The van der Waals surface area contributed by atoms with Crippen LogP contribution in [0.5, 0.6) is 0 Å². The van der Waals surface area contributed by atoms with Gasteiger partial charge in [0.25, 0.3) is 0 Å². The van der Waals surface area contributed by atoms with E-state index in [0.717, 1.165) is 37.7 Å². The highest BCUT2D eigenvalue weighted by atomic mass is 15.2. The van der Waals surface area contributed by atoms with Gasteiger partial charge in [0.1, 0.15) is 18.0 Å². The molecule has 0 unspecified atom stereocenters. The predicted octanol–water partition coefficient (Wildman–Crippen LogP) is 1.52. The average molecular weight is 300 g/mol. The maximum absolute atomic E-state index is 4.35. The number of rotatable bonds is 8. The lowest BCUT2D eigenvalue weighted by Crippen LogP contribution is -2.23. The summed E-state index contributed by atoms with van der Waals surface area (Å²) in [5, 5.41) is 3.32. The van der Waals surface area contributed by atoms with Gasteiger partial charge < -0.3 is 15.1 Å². The molecule has 118 valence electrons. The van der Waals surface area contributed by atoms with Crippen LogP contribution in [0, 0.1) is 0 Å². The van der Waals surface area contributed by atoms with Crippen LogP contribution in [-0.2, 0) is 6.42 Å². The minimum absolute atomic E-state index is 0.864. The largest absolute Gasteiger partial charge is 0.369 e. The van der Waals surface area contributed by atoms with Crippen molar-refractivity contribution in [3.63, 3.8) is 0 Å². The first-order chi connectivity index (χ1) is 10.6. The molecule has 0 bridgehead atoms. The Hall–Kier alpha value is -2.21. The van der Waals surface area contributed by atoms with E-state index in [9.17, 15) is 0 Å². The highest BCUT2D eigenvalue weighted by molar-refractivity contribution is 5.48. The number of hydrogen-bond acceptors (Lipinski definition) is 6. The maximum Gasteiger partial charge on any atom is 0.133 e. The SMILES string of the molecule is CN(C)CCNc1cc(N(C)CCc2ccncc2)ncn1. The molecule has 0 atom stereocenters. The fraction of sp³-hybridized carbons (Fsp3) is 0.438. The van der Waals surface area contributed by atoms with Crippen molar-refractivity contribution in [2.45, 2.75) is 6.42 Å². The van der Waals surface area contributed by atoms with Gasteiger partial charge in [0, 0.05) is 45.1 Å². The molecule has 0 aliphatic heterocycles. The summed E-state index contributed by atoms with van der Waals surface area (Å²) in [7, 11) is 6.16. The first kappa shape index (κ1) is 16.2. The van der Waals surface area contributed by atoms with Gasteiger partial charge in [-0.2, -0.15) is 0 Å². The molecular formula is C16H24N6. The second-order valence-electron chi connectivity index (χ2n) is 5.52. The predicted molar refractivity (Wildman–Crippen MR) is 90.3 cm³/mol. The summed E-state index contributed by atoms with van der Waals surface area (Å²) >= 11 is 0. The number of pyridine rings is 1. The third-order valence-electron chi connectivity index (χ3n) is 3.39. The summed E-state index contributed by atoms with van der Waals surface area (Å²) in [6.45, 7) is 2.74. The molecule has 0 radical (unpaired) electrons. The number of hydrogen-bond donors (Lipinski definition) is 1. The molecule has 2 heterocycles. The zero-order valence-corrected chi connectivity index (χ0v) is 13.5. The van der Waals surface area contributed by atoms with Crippen molar-refractivity contribution in [1.29, 1.82) is 0 Å². The van der Waals surface area contributed by atoms with Crippen molar-refractivity contribution in [2.24, 2.45) is 0 Å². The van der Waals surface area contributed by atoms with E-state index in [-0.39, 0.29) is 0 Å². The molecule has 6 nitrogen and oxygen atoms in total. The summed E-state index contributed by atoms with van der Waals surface area (Å²) in [6, 6.07) is 6.08. The smallest absolute Gasteiger partial charge is 0.133 e. The molecule has 2 rings (SSSR count). The van der Waals surface area contributed by atoms with Crippen LogP contribution < -0.4 is 10.2 Å². The summed E-state index contributed by atoms with van der Waals surface area (Å²) in [6.07, 6.45) is 6.22. The molecule has 0 saturated heterocycles. The first-order valence-corrected chi connectivity index (χ1v) is 7.46. The Labute approximate surface area is 132 Å². The van der Waals surface area contributed by atoms with E-state index < -0.39 is 0 Å². The zero-order chi connectivity index (χ0) is 15.8. The Balaban J connectivity index is 1.88. The number of anilines is 2. The molecule has 2 aromatic rings. The van der Waals surface area contributed by atoms with Crippen molar-refractivity contribution in [3.8, 4) is 0 Å². The van der Waals surface area contributed by atoms with Gasteiger partial charge in [-0.15, -0.1) is 0 Å². The summed E-state index contributed by atoms with van der Waals surface area (Å²) < 4.78 is 0. The minimum Gasteiger partial charge on any atom is -0.369 e. The van der Waals surface area contributed by atoms with Crippen LogP contribution in [-0.4, -0.2) is 60.6 Å². The highest BCUT2D eigenvalue weighted by Crippen LogP contribution is 2.13. The summed E-state index contributed by atoms with van der Waals surface area (Å²) in [4.78, 5) is 16.9. The monoisotopic (exact) mass is 300 g/mol. The lowest BCUT2D eigenvalue weighted by Gasteiger charge is -2.19. The van der Waals surface area contributed by atoms with Gasteiger partial charge >= 0.3 is 0 Å². The standard InChI is InChI=1S/C16H24N6/c1-21(2)11-9-18-15-12-16(20-13-19-15)22(3)10-6-14-4-7-17-8-5-14/h4-5,7-8,12-13H,6,9-11H2,1-3H3,(H,18,19,20). The third-order valence-corrected chi connectivity index (χ3v) is 3.39. The van der Waals surface area contributed by atoms with Gasteiger partial charge in [-0.05, 0) is 38.2 Å². The van der Waals surface area contributed by atoms with Crippen molar-refractivity contribution >= 4 is 11.6 Å². The van der Waals surface area contributed by atoms with E-state index in [1.807, 2.05) is 37.6 Å². The van der Waals surface area contributed by atoms with Gasteiger partial charge in [-0.1, -0.05) is 0 Å². The molecule has 0 fully saturated rings. The van der Waals surface area contributed by atoms with E-state index in [4.69, 9.17) is 0 Å². The fourth-order valence-electron chi connectivity index (χ4n) is 2.02. The zero-order valence-electron chi connectivity index (χ0n) is 13.5. The van der Waals surface area contributed by atoms with Crippen LogP contribution in [0.4, 0.5) is 11.6 Å². The number of nitrogens with zero attached hydrogens (tertiary/aromatic N) is 5. The minimum atomic E-state index is 0.864. The van der Waals surface area contributed by atoms with E-state index in [1.54, 1.807) is 6.33 Å². The molecule has 0 aliphatic rings. The third kappa shape index (κ3) is 5.29. The quantitative estimate of drug-likeness (QED) is 0.798. The number of likely N-dealkylation sites (N-methyl/N-ethyl adjacent to an activating group) is 2. The Morgan fingerprint density at radius 1 is 1.05 bits per heavy atom. The van der Waals surface area contributed by atoms with E-state index >= 15 is 0 Å². The van der Waals surface area contributed by atoms with Gasteiger partial charge in [0.15, 0.2) is 0 Å². The van der Waals surface area contributed by atoms with Crippen LogP contribution in [0.2, 0.25) is 0 Å². The molecule has 0 amide bonds. The summed E-state index contributed by atoms with van der Waals surface area (Å²) in [5.41, 5.74) is 1.28. The highest BCUT2D eigenvalue weighted by Gasteiger charge is 2.05. The molecule has 1 N–H and O–H groups in total. The lowest BCUT2D eigenvalue weighted by molar-refractivity contribution is 0.425. The Bertz CT molecular complexity index is 558. The Kier molecular flexibility index (Phi) is 6.09. The molecule has 22 heavy (non-hydrogen) atoms. The first-order valence-electron chi connectivity index (χ1n) is 7.46. The van der Waals surface area contributed by atoms with Gasteiger partial charge in [-0.25, -0.2) is 9.97 Å². The Morgan fingerprint density at radius 2 is 1.82 bits per heavy atom. The van der Waals surface area contributed by atoms with Gasteiger partial charge in [-0.3, -0.25) is 4.98 Å². The second kappa shape index (κ2) is 8.29. The van der Waals surface area contributed by atoms with Gasteiger partial charge in [0.05, 0.1) is 0 Å². The van der Waals surface area contributed by atoms with Gasteiger partial charge in [0.2, 0.25) is 0 Å².